The summed E-state index contributed by atoms with van der Waals surface area (Å²) >= 11 is 5.24. The van der Waals surface area contributed by atoms with Crippen molar-refractivity contribution in [1.29, 1.82) is 0 Å². The summed E-state index contributed by atoms with van der Waals surface area (Å²) in [7, 11) is -10.6. The SMILES string of the molecule is Cc1ccc(S(=O)(=O)OCCCP(=O)(CCCOS(=O)(=O)c2ccc(C)cc2)CCCS(C)=S)cc1. The first kappa shape index (κ1) is 31.3. The smallest absolute Gasteiger partial charge is 0.296 e. The Morgan fingerprint density at radius 1 is 0.722 bits per heavy atom. The number of rotatable bonds is 16. The van der Waals surface area contributed by atoms with E-state index in [9.17, 15) is 21.4 Å². The second kappa shape index (κ2) is 14.3. The summed E-state index contributed by atoms with van der Waals surface area (Å²) in [5, 5.41) is 0. The maximum atomic E-state index is 13.6. The first-order valence-electron chi connectivity index (χ1n) is 11.6. The first-order chi connectivity index (χ1) is 16.8. The van der Waals surface area contributed by atoms with Crippen LogP contribution in [-0.4, -0.2) is 60.5 Å². The molecule has 2 rings (SSSR count). The van der Waals surface area contributed by atoms with Crippen molar-refractivity contribution in [2.75, 3.05) is 43.7 Å². The monoisotopic (exact) mass is 594 g/mol. The van der Waals surface area contributed by atoms with Crippen LogP contribution in [-0.2, 0) is 53.8 Å². The lowest BCUT2D eigenvalue weighted by molar-refractivity contribution is 0.316. The van der Waals surface area contributed by atoms with E-state index < -0.39 is 27.4 Å². The molecule has 36 heavy (non-hydrogen) atoms. The van der Waals surface area contributed by atoms with Crippen molar-refractivity contribution < 1.29 is 29.8 Å². The standard InChI is InChI=1S/C24H35O7PS4/c1-21-7-11-23(12-8-21)35(26,27)30-15-4-17-32(25,19-6-20-34(3)33)18-5-16-31-36(28,29)24-13-9-22(2)10-14-24/h7-14H,4-6,15-20H2,1-3H3. The summed E-state index contributed by atoms with van der Waals surface area (Å²) in [6.07, 6.45) is 4.41. The van der Waals surface area contributed by atoms with Gasteiger partial charge in [-0.05, 0) is 69.4 Å². The van der Waals surface area contributed by atoms with Crippen LogP contribution in [0.15, 0.2) is 58.3 Å². The van der Waals surface area contributed by atoms with Gasteiger partial charge in [0.25, 0.3) is 20.2 Å². The molecule has 0 aromatic heterocycles. The van der Waals surface area contributed by atoms with E-state index in [1.165, 1.54) is 24.3 Å². The molecule has 0 radical (unpaired) electrons. The third kappa shape index (κ3) is 10.8. The van der Waals surface area contributed by atoms with Gasteiger partial charge in [0.1, 0.15) is 0 Å². The number of hydrogen-bond donors (Lipinski definition) is 0. The Morgan fingerprint density at radius 2 is 1.08 bits per heavy atom. The largest absolute Gasteiger partial charge is 0.324 e. The highest BCUT2D eigenvalue weighted by Crippen LogP contribution is 2.47. The summed E-state index contributed by atoms with van der Waals surface area (Å²) in [6, 6.07) is 12.8. The van der Waals surface area contributed by atoms with Crippen LogP contribution in [0.5, 0.6) is 0 Å². The zero-order valence-electron chi connectivity index (χ0n) is 20.9. The summed E-state index contributed by atoms with van der Waals surface area (Å²) < 4.78 is 73.4. The van der Waals surface area contributed by atoms with Crippen LogP contribution in [0.2, 0.25) is 0 Å². The summed E-state index contributed by atoms with van der Waals surface area (Å²) in [6.45, 7) is 3.59. The van der Waals surface area contributed by atoms with E-state index >= 15 is 0 Å². The van der Waals surface area contributed by atoms with E-state index in [0.717, 1.165) is 16.9 Å². The van der Waals surface area contributed by atoms with Crippen molar-refractivity contribution in [1.82, 2.24) is 0 Å². The number of aryl methyl sites for hydroxylation is 2. The van der Waals surface area contributed by atoms with Crippen molar-refractivity contribution in [2.45, 2.75) is 42.9 Å². The molecule has 0 fully saturated rings. The number of benzene rings is 2. The Balaban J connectivity index is 1.90. The van der Waals surface area contributed by atoms with Gasteiger partial charge in [-0.1, -0.05) is 46.6 Å². The fourth-order valence-electron chi connectivity index (χ4n) is 3.48. The predicted molar refractivity (Wildman–Crippen MR) is 150 cm³/mol. The van der Waals surface area contributed by atoms with Crippen LogP contribution in [0.4, 0.5) is 0 Å². The Hall–Kier alpha value is -0.940. The van der Waals surface area contributed by atoms with Gasteiger partial charge in [-0.2, -0.15) is 16.8 Å². The molecule has 0 amide bonds. The molecule has 7 nitrogen and oxygen atoms in total. The Bertz CT molecular complexity index is 1170. The van der Waals surface area contributed by atoms with E-state index in [1.807, 2.05) is 20.1 Å². The molecule has 1 atom stereocenters. The minimum Gasteiger partial charge on any atom is -0.324 e. The second-order valence-electron chi connectivity index (χ2n) is 8.75. The van der Waals surface area contributed by atoms with Crippen molar-refractivity contribution in [2.24, 2.45) is 0 Å². The molecule has 0 heterocycles. The quantitative estimate of drug-likeness (QED) is 0.157. The lowest BCUT2D eigenvalue weighted by atomic mass is 10.2. The van der Waals surface area contributed by atoms with Crippen LogP contribution in [0.3, 0.4) is 0 Å². The Kier molecular flexibility index (Phi) is 12.4. The van der Waals surface area contributed by atoms with E-state index in [4.69, 9.17) is 19.6 Å². The maximum absolute atomic E-state index is 13.6. The third-order valence-electron chi connectivity index (χ3n) is 5.51. The fraction of sp³-hybridized carbons (Fsp3) is 0.500. The van der Waals surface area contributed by atoms with Gasteiger partial charge >= 0.3 is 0 Å². The highest BCUT2D eigenvalue weighted by atomic mass is 32.8. The van der Waals surface area contributed by atoms with Crippen LogP contribution in [0, 0.1) is 13.8 Å². The van der Waals surface area contributed by atoms with Crippen molar-refractivity contribution >= 4 is 48.0 Å². The molecule has 12 heteroatoms. The van der Waals surface area contributed by atoms with Crippen molar-refractivity contribution in [3.8, 4) is 0 Å². The second-order valence-corrected chi connectivity index (χ2v) is 18.7. The molecule has 1 unspecified atom stereocenters. The van der Waals surface area contributed by atoms with E-state index in [0.29, 0.717) is 37.7 Å². The first-order valence-corrected chi connectivity index (χ1v) is 19.4. The average Bonchev–Trinajstić information content (AvgIpc) is 2.80. The van der Waals surface area contributed by atoms with Crippen LogP contribution < -0.4 is 0 Å². The van der Waals surface area contributed by atoms with Gasteiger partial charge in [0.2, 0.25) is 0 Å². The average molecular weight is 595 g/mol. The van der Waals surface area contributed by atoms with E-state index in [1.54, 1.807) is 24.3 Å². The molecular formula is C24H35O7PS4. The number of hydrogen-bond acceptors (Lipinski definition) is 8. The van der Waals surface area contributed by atoms with Crippen molar-refractivity contribution in [3.63, 3.8) is 0 Å². The minimum atomic E-state index is -3.88. The summed E-state index contributed by atoms with van der Waals surface area (Å²) in [4.78, 5) is 0.173. The predicted octanol–water partition coefficient (Wildman–Crippen LogP) is 4.66. The van der Waals surface area contributed by atoms with Gasteiger partial charge < -0.3 is 4.57 Å². The molecule has 2 aromatic carbocycles. The normalized spacial score (nSPS) is 13.5. The third-order valence-corrected chi connectivity index (χ3v) is 12.9. The molecule has 0 saturated carbocycles. The van der Waals surface area contributed by atoms with Gasteiger partial charge in [0.15, 0.2) is 0 Å². The molecule has 0 aliphatic heterocycles. The van der Waals surface area contributed by atoms with Gasteiger partial charge in [-0.15, -0.1) is 9.45 Å². The van der Waals surface area contributed by atoms with Gasteiger partial charge in [-0.3, -0.25) is 8.37 Å². The lowest BCUT2D eigenvalue weighted by Gasteiger charge is -2.18. The topological polar surface area (TPSA) is 104 Å². The lowest BCUT2D eigenvalue weighted by Crippen LogP contribution is -2.12. The van der Waals surface area contributed by atoms with Crippen molar-refractivity contribution in [3.05, 3.63) is 59.7 Å². The van der Waals surface area contributed by atoms with Crippen LogP contribution in [0.25, 0.3) is 0 Å². The molecule has 0 bridgehead atoms. The molecule has 0 N–H and O–H groups in total. The maximum Gasteiger partial charge on any atom is 0.296 e. The zero-order chi connectivity index (χ0) is 26.8. The molecule has 0 aliphatic carbocycles. The zero-order valence-corrected chi connectivity index (χ0v) is 25.1. The highest BCUT2D eigenvalue weighted by Gasteiger charge is 2.23. The summed E-state index contributed by atoms with van der Waals surface area (Å²) in [5.41, 5.74) is 1.89. The molecule has 2 aromatic rings. The summed E-state index contributed by atoms with van der Waals surface area (Å²) in [5.74, 6) is 0.788. The molecule has 0 saturated heterocycles. The van der Waals surface area contributed by atoms with Gasteiger partial charge in [0, 0.05) is 18.5 Å². The van der Waals surface area contributed by atoms with Gasteiger partial charge in [-0.25, -0.2) is 0 Å². The van der Waals surface area contributed by atoms with Crippen LogP contribution in [0.1, 0.15) is 30.4 Å². The fourth-order valence-corrected chi connectivity index (χ4v) is 9.30. The van der Waals surface area contributed by atoms with Gasteiger partial charge in [0.05, 0.1) is 30.1 Å². The Morgan fingerprint density at radius 3 is 1.44 bits per heavy atom. The van der Waals surface area contributed by atoms with E-state index in [-0.39, 0.29) is 32.5 Å². The van der Waals surface area contributed by atoms with E-state index in [2.05, 4.69) is 0 Å². The molecule has 0 spiro atoms. The molecule has 0 aliphatic rings. The minimum absolute atomic E-state index is 0.0717. The molecule has 202 valence electrons. The highest BCUT2D eigenvalue weighted by molar-refractivity contribution is 8.28. The molecular weight excluding hydrogens is 559 g/mol. The Labute approximate surface area is 223 Å². The van der Waals surface area contributed by atoms with Crippen LogP contribution >= 0.6 is 7.14 Å².